The number of aryl methyl sites for hydroxylation is 1. The number of aliphatic carboxylic acids is 1. The third-order valence-electron chi connectivity index (χ3n) is 7.94. The number of rotatable bonds is 8. The number of carboxylic acid groups (broad SMARTS) is 1. The molecule has 0 spiro atoms. The molecule has 2 fully saturated rings. The van der Waals surface area contributed by atoms with Crippen LogP contribution in [0.3, 0.4) is 0 Å². The molecule has 4 heterocycles. The summed E-state index contributed by atoms with van der Waals surface area (Å²) in [5.74, 6) is -0.881. The Kier molecular flexibility index (Phi) is 9.54. The van der Waals surface area contributed by atoms with E-state index < -0.39 is 5.97 Å². The predicted octanol–water partition coefficient (Wildman–Crippen LogP) is 6.03. The van der Waals surface area contributed by atoms with E-state index in [4.69, 9.17) is 4.98 Å². The quantitative estimate of drug-likeness (QED) is 0.322. The number of piperidine rings is 2. The third-order valence-corrected chi connectivity index (χ3v) is 8.98. The van der Waals surface area contributed by atoms with Crippen LogP contribution in [0, 0.1) is 24.1 Å². The fraction of sp³-hybridized carbons (Fsp3) is 0.516. The maximum Gasteiger partial charge on any atom is 0.306 e. The Morgan fingerprint density at radius 3 is 2.54 bits per heavy atom. The highest BCUT2D eigenvalue weighted by molar-refractivity contribution is 7.12. The van der Waals surface area contributed by atoms with Crippen LogP contribution in [0.15, 0.2) is 30.6 Å². The van der Waals surface area contributed by atoms with Crippen molar-refractivity contribution in [3.63, 3.8) is 0 Å². The van der Waals surface area contributed by atoms with Gasteiger partial charge in [-0.3, -0.25) is 14.5 Å². The molecular formula is C31H40FN5O3S. The van der Waals surface area contributed by atoms with E-state index in [0.29, 0.717) is 48.9 Å². The molecule has 2 saturated heterocycles. The van der Waals surface area contributed by atoms with Gasteiger partial charge in [0.2, 0.25) is 0 Å². The molecule has 0 bridgehead atoms. The van der Waals surface area contributed by atoms with E-state index in [2.05, 4.69) is 28.7 Å². The molecule has 220 valence electrons. The zero-order valence-corrected chi connectivity index (χ0v) is 24.1. The first-order valence-electron chi connectivity index (χ1n) is 13.9. The lowest BCUT2D eigenvalue weighted by molar-refractivity contribution is -0.142. The minimum absolute atomic E-state index is 0. The Balaban J connectivity index is 0.00000387. The van der Waals surface area contributed by atoms with Gasteiger partial charge in [-0.25, -0.2) is 19.3 Å². The number of carbonyl (C=O) groups is 2. The first-order valence-corrected chi connectivity index (χ1v) is 14.7. The van der Waals surface area contributed by atoms with Gasteiger partial charge in [0.25, 0.3) is 0 Å². The van der Waals surface area contributed by atoms with Crippen LogP contribution in [-0.2, 0) is 17.8 Å². The van der Waals surface area contributed by atoms with E-state index in [0.717, 1.165) is 35.6 Å². The second-order valence-corrected chi connectivity index (χ2v) is 12.9. The van der Waals surface area contributed by atoms with Gasteiger partial charge in [0.1, 0.15) is 22.3 Å². The SMILES string of the molecule is C.Cc1ccc(-c2nc(CC(=O)c3cnc(N4CCC(C(=O)O)CC4)cn3)sc2CN2CCCC(C)(C)C2)cc1F. The molecule has 1 aromatic carbocycles. The minimum atomic E-state index is -0.757. The number of ketones is 1. The normalized spacial score (nSPS) is 17.7. The van der Waals surface area contributed by atoms with Crippen LogP contribution in [0.4, 0.5) is 10.2 Å². The van der Waals surface area contributed by atoms with Gasteiger partial charge in [-0.2, -0.15) is 0 Å². The summed E-state index contributed by atoms with van der Waals surface area (Å²) in [7, 11) is 0. The number of carboxylic acids is 1. The van der Waals surface area contributed by atoms with E-state index in [1.54, 1.807) is 19.2 Å². The number of halogens is 1. The molecule has 0 amide bonds. The maximum atomic E-state index is 14.5. The molecule has 1 N–H and O–H groups in total. The Labute approximate surface area is 245 Å². The summed E-state index contributed by atoms with van der Waals surface area (Å²) in [6, 6.07) is 5.19. The number of thiazole rings is 1. The summed E-state index contributed by atoms with van der Waals surface area (Å²) < 4.78 is 14.5. The van der Waals surface area contributed by atoms with Crippen molar-refractivity contribution in [1.82, 2.24) is 19.9 Å². The average Bonchev–Trinajstić information content (AvgIpc) is 3.31. The number of aromatic nitrogens is 3. The summed E-state index contributed by atoms with van der Waals surface area (Å²) in [5, 5.41) is 9.89. The molecule has 0 unspecified atom stereocenters. The second kappa shape index (κ2) is 12.7. The maximum absolute atomic E-state index is 14.5. The number of benzene rings is 1. The number of Topliss-reactive ketones (excluding diaryl/α,β-unsaturated/α-hetero) is 1. The second-order valence-electron chi connectivity index (χ2n) is 11.8. The van der Waals surface area contributed by atoms with Gasteiger partial charge >= 0.3 is 5.97 Å². The van der Waals surface area contributed by atoms with Gasteiger partial charge in [-0.15, -0.1) is 11.3 Å². The summed E-state index contributed by atoms with van der Waals surface area (Å²) in [6.45, 7) is 10.2. The Morgan fingerprint density at radius 1 is 1.15 bits per heavy atom. The summed E-state index contributed by atoms with van der Waals surface area (Å²) in [5.41, 5.74) is 2.56. The molecule has 0 aliphatic carbocycles. The Hall–Kier alpha value is -3.24. The molecular weight excluding hydrogens is 541 g/mol. The Bertz CT molecular complexity index is 1380. The van der Waals surface area contributed by atoms with Crippen molar-refractivity contribution >= 4 is 28.9 Å². The fourth-order valence-corrected chi connectivity index (χ4v) is 6.78. The van der Waals surface area contributed by atoms with Gasteiger partial charge in [0.05, 0.1) is 30.4 Å². The topological polar surface area (TPSA) is 99.5 Å². The van der Waals surface area contributed by atoms with E-state index in [9.17, 15) is 19.1 Å². The number of likely N-dealkylation sites (tertiary alicyclic amines) is 1. The molecule has 10 heteroatoms. The lowest BCUT2D eigenvalue weighted by Crippen LogP contribution is -2.39. The van der Waals surface area contributed by atoms with Crippen molar-refractivity contribution in [2.45, 2.75) is 66.8 Å². The highest BCUT2D eigenvalue weighted by Crippen LogP contribution is 2.34. The minimum Gasteiger partial charge on any atom is -0.481 e. The molecule has 41 heavy (non-hydrogen) atoms. The van der Waals surface area contributed by atoms with Crippen LogP contribution < -0.4 is 4.90 Å². The van der Waals surface area contributed by atoms with E-state index in [1.165, 1.54) is 30.0 Å². The van der Waals surface area contributed by atoms with Crippen molar-refractivity contribution in [3.8, 4) is 11.3 Å². The number of hydrogen-bond donors (Lipinski definition) is 1. The highest BCUT2D eigenvalue weighted by Gasteiger charge is 2.28. The smallest absolute Gasteiger partial charge is 0.306 e. The number of hydrogen-bond acceptors (Lipinski definition) is 8. The third kappa shape index (κ3) is 7.35. The summed E-state index contributed by atoms with van der Waals surface area (Å²) >= 11 is 1.51. The van der Waals surface area contributed by atoms with Crippen molar-refractivity contribution in [3.05, 3.63) is 57.6 Å². The molecule has 2 aliphatic heterocycles. The van der Waals surface area contributed by atoms with Crippen LogP contribution in [0.1, 0.15) is 72.9 Å². The van der Waals surface area contributed by atoms with Gasteiger partial charge in [0, 0.05) is 36.6 Å². The predicted molar refractivity (Wildman–Crippen MR) is 160 cm³/mol. The zero-order valence-electron chi connectivity index (χ0n) is 23.3. The zero-order chi connectivity index (χ0) is 28.4. The monoisotopic (exact) mass is 581 g/mol. The molecule has 0 atom stereocenters. The van der Waals surface area contributed by atoms with E-state index >= 15 is 0 Å². The van der Waals surface area contributed by atoms with Gasteiger partial charge in [-0.05, 0) is 56.2 Å². The Morgan fingerprint density at radius 2 is 1.90 bits per heavy atom. The molecule has 5 rings (SSSR count). The van der Waals surface area contributed by atoms with Crippen LogP contribution in [-0.4, -0.2) is 62.9 Å². The molecule has 0 saturated carbocycles. The lowest BCUT2D eigenvalue weighted by atomic mass is 9.84. The van der Waals surface area contributed by atoms with Crippen molar-refractivity contribution in [2.75, 3.05) is 31.1 Å². The standard InChI is InChI=1S/C30H36FN5O3S.CH4/c1-19-5-6-21(13-22(19)31)28-25(17-35-10-4-9-30(2,3)18-35)40-27(34-28)14-24(37)23-15-33-26(16-32-23)36-11-7-20(8-12-36)29(38)39;/h5-6,13,15-16,20H,4,7-12,14,17-18H2,1-3H3,(H,38,39);1H4. The molecule has 0 radical (unpaired) electrons. The lowest BCUT2D eigenvalue weighted by Gasteiger charge is -2.37. The van der Waals surface area contributed by atoms with E-state index in [-0.39, 0.29) is 42.5 Å². The molecule has 2 aromatic heterocycles. The number of nitrogens with zero attached hydrogens (tertiary/aromatic N) is 5. The first kappa shape index (κ1) is 30.7. The van der Waals surface area contributed by atoms with Gasteiger partial charge < -0.3 is 10.0 Å². The van der Waals surface area contributed by atoms with Crippen molar-refractivity contribution in [1.29, 1.82) is 0 Å². The number of anilines is 1. The van der Waals surface area contributed by atoms with Crippen LogP contribution in [0.5, 0.6) is 0 Å². The van der Waals surface area contributed by atoms with Crippen molar-refractivity contribution in [2.24, 2.45) is 11.3 Å². The largest absolute Gasteiger partial charge is 0.481 e. The molecule has 3 aromatic rings. The van der Waals surface area contributed by atoms with Crippen LogP contribution >= 0.6 is 11.3 Å². The summed E-state index contributed by atoms with van der Waals surface area (Å²) in [6.07, 6.45) is 6.62. The molecule has 8 nitrogen and oxygen atoms in total. The van der Waals surface area contributed by atoms with Crippen molar-refractivity contribution < 1.29 is 19.1 Å². The van der Waals surface area contributed by atoms with Crippen LogP contribution in [0.25, 0.3) is 11.3 Å². The molecule has 2 aliphatic rings. The first-order chi connectivity index (χ1) is 19.1. The number of carbonyl (C=O) groups excluding carboxylic acids is 1. The van der Waals surface area contributed by atoms with Gasteiger partial charge in [0.15, 0.2) is 5.78 Å². The average molecular weight is 582 g/mol. The highest BCUT2D eigenvalue weighted by atomic mass is 32.1. The van der Waals surface area contributed by atoms with Crippen LogP contribution in [0.2, 0.25) is 0 Å². The summed E-state index contributed by atoms with van der Waals surface area (Å²) in [4.78, 5) is 43.5. The van der Waals surface area contributed by atoms with E-state index in [1.807, 2.05) is 11.0 Å². The fourth-order valence-electron chi connectivity index (χ4n) is 5.64. The van der Waals surface area contributed by atoms with Gasteiger partial charge in [-0.1, -0.05) is 33.4 Å².